The number of benzene rings is 1. The lowest BCUT2D eigenvalue weighted by Crippen LogP contribution is -2.06. The van der Waals surface area contributed by atoms with Gasteiger partial charge in [0, 0.05) is 9.79 Å². The number of ketones is 1. The van der Waals surface area contributed by atoms with E-state index in [9.17, 15) is 18.0 Å². The molecule has 7 heteroatoms. The van der Waals surface area contributed by atoms with Crippen molar-refractivity contribution in [3.63, 3.8) is 0 Å². The van der Waals surface area contributed by atoms with Gasteiger partial charge in [-0.25, -0.2) is 0 Å². The predicted molar refractivity (Wildman–Crippen MR) is 72.5 cm³/mol. The molecule has 1 rings (SSSR count). The van der Waals surface area contributed by atoms with Crippen LogP contribution in [0, 0.1) is 0 Å². The summed E-state index contributed by atoms with van der Waals surface area (Å²) >= 11 is 4.35. The second-order valence-electron chi connectivity index (χ2n) is 3.42. The molecule has 0 fully saturated rings. The summed E-state index contributed by atoms with van der Waals surface area (Å²) < 4.78 is 37.3. The highest BCUT2D eigenvalue weighted by molar-refractivity contribution is 9.09. The van der Waals surface area contributed by atoms with E-state index in [0.717, 1.165) is 4.90 Å². The van der Waals surface area contributed by atoms with Crippen molar-refractivity contribution in [2.24, 2.45) is 0 Å². The Kier molecular flexibility index (Phi) is 5.61. The summed E-state index contributed by atoms with van der Waals surface area (Å²) in [5.41, 5.74) is -4.00. The number of thioether (sulfide) groups is 2. The van der Waals surface area contributed by atoms with Crippen LogP contribution in [0.1, 0.15) is 17.3 Å². The van der Waals surface area contributed by atoms with E-state index < -0.39 is 10.3 Å². The summed E-state index contributed by atoms with van der Waals surface area (Å²) in [5.74, 6) is -0.225. The molecule has 0 spiro atoms. The topological polar surface area (TPSA) is 17.1 Å². The van der Waals surface area contributed by atoms with Gasteiger partial charge in [-0.2, -0.15) is 13.2 Å². The van der Waals surface area contributed by atoms with Gasteiger partial charge in [0.2, 0.25) is 0 Å². The fourth-order valence-electron chi connectivity index (χ4n) is 1.29. The zero-order chi connectivity index (χ0) is 13.9. The SMILES string of the molecule is CSc1ccc(SC(F)(F)F)c(C(Br)C(C)=O)c1. The summed E-state index contributed by atoms with van der Waals surface area (Å²) in [4.78, 5) is 11.5. The first-order chi connectivity index (χ1) is 8.24. The molecule has 0 saturated heterocycles. The summed E-state index contributed by atoms with van der Waals surface area (Å²) in [6.45, 7) is 1.34. The van der Waals surface area contributed by atoms with Gasteiger partial charge < -0.3 is 0 Å². The van der Waals surface area contributed by atoms with Gasteiger partial charge in [0.25, 0.3) is 0 Å². The number of hydrogen-bond acceptors (Lipinski definition) is 3. The minimum absolute atomic E-state index is 0.0531. The lowest BCUT2D eigenvalue weighted by molar-refractivity contribution is -0.116. The maximum atomic E-state index is 12.4. The van der Waals surface area contributed by atoms with Gasteiger partial charge in [0.05, 0.1) is 4.83 Å². The van der Waals surface area contributed by atoms with E-state index in [0.29, 0.717) is 5.56 Å². The molecule has 0 aliphatic carbocycles. The third-order valence-corrected chi connectivity index (χ3v) is 4.76. The highest BCUT2D eigenvalue weighted by Gasteiger charge is 2.31. The Morgan fingerprint density at radius 2 is 2.00 bits per heavy atom. The Bertz CT molecular complexity index is 448. The van der Waals surface area contributed by atoms with E-state index in [1.807, 2.05) is 6.26 Å². The second-order valence-corrected chi connectivity index (χ2v) is 6.33. The van der Waals surface area contributed by atoms with Crippen LogP contribution in [-0.2, 0) is 4.79 Å². The van der Waals surface area contributed by atoms with E-state index in [1.54, 1.807) is 12.1 Å². The number of alkyl halides is 4. The van der Waals surface area contributed by atoms with Crippen molar-refractivity contribution in [2.75, 3.05) is 6.26 Å². The van der Waals surface area contributed by atoms with Crippen LogP contribution in [0.5, 0.6) is 0 Å². The minimum atomic E-state index is -4.36. The van der Waals surface area contributed by atoms with Crippen LogP contribution < -0.4 is 0 Å². The van der Waals surface area contributed by atoms with Gasteiger partial charge in [0.15, 0.2) is 0 Å². The fraction of sp³-hybridized carbons (Fsp3) is 0.364. The highest BCUT2D eigenvalue weighted by atomic mass is 79.9. The molecular formula is C11H10BrF3OS2. The molecule has 0 radical (unpaired) electrons. The molecule has 1 atom stereocenters. The molecular weight excluding hydrogens is 349 g/mol. The average molecular weight is 359 g/mol. The van der Waals surface area contributed by atoms with Gasteiger partial charge in [-0.15, -0.1) is 11.8 Å². The Morgan fingerprint density at radius 1 is 1.39 bits per heavy atom. The van der Waals surface area contributed by atoms with Crippen LogP contribution in [-0.4, -0.2) is 17.5 Å². The Morgan fingerprint density at radius 3 is 2.44 bits per heavy atom. The van der Waals surface area contributed by atoms with E-state index in [-0.39, 0.29) is 22.4 Å². The highest BCUT2D eigenvalue weighted by Crippen LogP contribution is 2.42. The van der Waals surface area contributed by atoms with E-state index in [1.165, 1.54) is 24.8 Å². The Hall–Kier alpha value is -0.140. The van der Waals surface area contributed by atoms with Gasteiger partial charge in [-0.1, -0.05) is 15.9 Å². The molecule has 1 nitrogen and oxygen atoms in total. The van der Waals surface area contributed by atoms with Gasteiger partial charge >= 0.3 is 5.51 Å². The van der Waals surface area contributed by atoms with Crippen LogP contribution in [0.4, 0.5) is 13.2 Å². The first kappa shape index (κ1) is 15.9. The lowest BCUT2D eigenvalue weighted by Gasteiger charge is -2.15. The molecule has 0 amide bonds. The standard InChI is InChI=1S/C11H10BrF3OS2/c1-6(16)10(12)8-5-7(17-2)3-4-9(8)18-11(13,14)15/h3-5,10H,1-2H3. The number of rotatable bonds is 4. The molecule has 0 bridgehead atoms. The van der Waals surface area contributed by atoms with Crippen LogP contribution in [0.3, 0.4) is 0 Å². The molecule has 0 aliphatic rings. The molecule has 0 saturated carbocycles. The number of carbonyl (C=O) groups excluding carboxylic acids is 1. The third kappa shape index (κ3) is 4.51. The number of carbonyl (C=O) groups is 1. The monoisotopic (exact) mass is 358 g/mol. The number of hydrogen-bond donors (Lipinski definition) is 0. The quantitative estimate of drug-likeness (QED) is 0.554. The zero-order valence-electron chi connectivity index (χ0n) is 9.55. The molecule has 0 aliphatic heterocycles. The summed E-state index contributed by atoms with van der Waals surface area (Å²) in [7, 11) is 0. The first-order valence-corrected chi connectivity index (χ1v) is 7.78. The maximum absolute atomic E-state index is 12.4. The van der Waals surface area contributed by atoms with Crippen molar-refractivity contribution in [2.45, 2.75) is 27.1 Å². The van der Waals surface area contributed by atoms with Crippen molar-refractivity contribution in [3.05, 3.63) is 23.8 Å². The first-order valence-electron chi connectivity index (χ1n) is 4.83. The van der Waals surface area contributed by atoms with Crippen LogP contribution >= 0.6 is 39.5 Å². The molecule has 0 N–H and O–H groups in total. The minimum Gasteiger partial charge on any atom is -0.298 e. The van der Waals surface area contributed by atoms with Crippen molar-refractivity contribution < 1.29 is 18.0 Å². The number of halogens is 4. The molecule has 18 heavy (non-hydrogen) atoms. The summed E-state index contributed by atoms with van der Waals surface area (Å²) in [6.07, 6.45) is 1.83. The van der Waals surface area contributed by atoms with Crippen molar-refractivity contribution in [3.8, 4) is 0 Å². The van der Waals surface area contributed by atoms with Gasteiger partial charge in [0.1, 0.15) is 5.78 Å². The van der Waals surface area contributed by atoms with Crippen molar-refractivity contribution in [1.29, 1.82) is 0 Å². The maximum Gasteiger partial charge on any atom is 0.446 e. The van der Waals surface area contributed by atoms with Gasteiger partial charge in [-0.05, 0) is 48.7 Å². The molecule has 0 aromatic heterocycles. The fourth-order valence-corrected chi connectivity index (χ4v) is 2.95. The lowest BCUT2D eigenvalue weighted by atomic mass is 10.1. The Balaban J connectivity index is 3.20. The molecule has 100 valence electrons. The average Bonchev–Trinajstić information content (AvgIpc) is 2.26. The van der Waals surface area contributed by atoms with Crippen LogP contribution in [0.15, 0.2) is 28.0 Å². The van der Waals surface area contributed by atoms with Gasteiger partial charge in [-0.3, -0.25) is 4.79 Å². The Labute approximate surface area is 120 Å². The predicted octanol–water partition coefficient (Wildman–Crippen LogP) is 5.05. The molecule has 1 aromatic carbocycles. The smallest absolute Gasteiger partial charge is 0.298 e. The number of Topliss-reactive ketones (excluding diaryl/α,β-unsaturated/α-hetero) is 1. The summed E-state index contributed by atoms with van der Waals surface area (Å²) in [5, 5.41) is 0. The van der Waals surface area contributed by atoms with Crippen molar-refractivity contribution in [1.82, 2.24) is 0 Å². The molecule has 0 heterocycles. The van der Waals surface area contributed by atoms with E-state index in [4.69, 9.17) is 0 Å². The molecule has 1 aromatic rings. The van der Waals surface area contributed by atoms with Crippen LogP contribution in [0.25, 0.3) is 0 Å². The van der Waals surface area contributed by atoms with Crippen molar-refractivity contribution >= 4 is 45.2 Å². The normalized spacial score (nSPS) is 13.4. The molecule has 1 unspecified atom stereocenters. The zero-order valence-corrected chi connectivity index (χ0v) is 12.8. The summed E-state index contributed by atoms with van der Waals surface area (Å²) in [6, 6.07) is 4.62. The van der Waals surface area contributed by atoms with E-state index in [2.05, 4.69) is 15.9 Å². The van der Waals surface area contributed by atoms with E-state index >= 15 is 0 Å². The third-order valence-electron chi connectivity index (χ3n) is 2.07. The second kappa shape index (κ2) is 6.34. The largest absolute Gasteiger partial charge is 0.446 e. The van der Waals surface area contributed by atoms with Crippen LogP contribution in [0.2, 0.25) is 0 Å².